The first-order valence-corrected chi connectivity index (χ1v) is 20.2. The zero-order valence-electron chi connectivity index (χ0n) is 31.8. The van der Waals surface area contributed by atoms with Crippen LogP contribution in [0.15, 0.2) is 84.9 Å². The summed E-state index contributed by atoms with van der Waals surface area (Å²) in [4.78, 5) is 34.0. The molecule has 0 bridgehead atoms. The normalized spacial score (nSPS) is 17.2. The number of amides is 2. The van der Waals surface area contributed by atoms with Crippen LogP contribution in [-0.2, 0) is 27.2 Å². The number of carbonyl (C=O) groups is 2. The third-order valence-corrected chi connectivity index (χ3v) is 13.8. The molecule has 0 N–H and O–H groups in total. The number of ether oxygens (including phenoxy) is 4. The maximum absolute atomic E-state index is 14.3. The first-order chi connectivity index (χ1) is 26.5. The molecule has 1 unspecified atom stereocenters. The van der Waals surface area contributed by atoms with Crippen molar-refractivity contribution in [2.75, 3.05) is 61.6 Å². The van der Waals surface area contributed by atoms with Crippen molar-refractivity contribution in [3.63, 3.8) is 0 Å². The van der Waals surface area contributed by atoms with Gasteiger partial charge in [0.15, 0.2) is 16.2 Å². The van der Waals surface area contributed by atoms with Crippen LogP contribution in [0.2, 0.25) is 10.0 Å². The van der Waals surface area contributed by atoms with Gasteiger partial charge < -0.3 is 33.3 Å². The maximum Gasteiger partial charge on any atom is 0.415 e. The summed E-state index contributed by atoms with van der Waals surface area (Å²) in [5, 5.41) is 0.682. The molecule has 0 radical (unpaired) electrons. The van der Waals surface area contributed by atoms with Crippen LogP contribution in [0.3, 0.4) is 0 Å². The van der Waals surface area contributed by atoms with E-state index in [1.807, 2.05) is 24.3 Å². The molecule has 10 nitrogen and oxygen atoms in total. The lowest BCUT2D eigenvalue weighted by atomic mass is 9.82. The number of para-hydroxylation sites is 1. The highest BCUT2D eigenvalue weighted by Crippen LogP contribution is 2.49. The molecular weight excluding hydrogens is 761 g/mol. The number of nitrogens with zero attached hydrogens (tertiary/aromatic N) is 3. The summed E-state index contributed by atoms with van der Waals surface area (Å²) in [7, 11) is 7.86. The Morgan fingerprint density at radius 2 is 1.53 bits per heavy atom. The summed E-state index contributed by atoms with van der Waals surface area (Å²) in [5.41, 5.74) is 2.28. The second-order valence-corrected chi connectivity index (χ2v) is 16.6. The topological polar surface area (TPSA) is 104 Å². The molecule has 0 aliphatic carbocycles. The van der Waals surface area contributed by atoms with Crippen molar-refractivity contribution < 1.29 is 33.1 Å². The molecule has 2 aliphatic heterocycles. The van der Waals surface area contributed by atoms with Gasteiger partial charge >= 0.3 is 6.09 Å². The van der Waals surface area contributed by atoms with Gasteiger partial charge in [0.1, 0.15) is 11.5 Å². The molecule has 55 heavy (non-hydrogen) atoms. The van der Waals surface area contributed by atoms with Crippen molar-refractivity contribution in [2.24, 2.45) is 0 Å². The average Bonchev–Trinajstić information content (AvgIpc) is 3.47. The van der Waals surface area contributed by atoms with Gasteiger partial charge in [0.25, 0.3) is 5.91 Å². The Balaban J connectivity index is 1.31. The van der Waals surface area contributed by atoms with E-state index < -0.39 is 22.8 Å². The van der Waals surface area contributed by atoms with Crippen LogP contribution in [0.5, 0.6) is 23.0 Å². The van der Waals surface area contributed by atoms with Gasteiger partial charge in [-0.15, -0.1) is 0 Å². The lowest BCUT2D eigenvalue weighted by Crippen LogP contribution is -2.55. The van der Waals surface area contributed by atoms with Crippen LogP contribution in [0.25, 0.3) is 0 Å². The Morgan fingerprint density at radius 1 is 0.873 bits per heavy atom. The Bertz CT molecular complexity index is 1970. The van der Waals surface area contributed by atoms with E-state index in [1.165, 1.54) is 32.5 Å². The first kappa shape index (κ1) is 40.5. The highest BCUT2D eigenvalue weighted by atomic mass is 35.5. The molecule has 2 aliphatic rings. The standard InChI is InChI=1S/C42H47Cl2N3O7S/c1-45(39(48)30-24-36(51-3)38(53-5)37(25-30)52-4)28-41(31-16-17-34(43)35(44)26-31,46(2)40(49)54-32-13-7-6-8-14-32)18-11-21-47-22-19-42(20-23-47)33-15-10-9-12-29(33)27-55(42)50/h6-10,12-17,24-26H,11,18-23,27-28H2,1-5H3/t41-,55?/m1/s1. The van der Waals surface area contributed by atoms with Crippen LogP contribution in [0.1, 0.15) is 52.7 Å². The van der Waals surface area contributed by atoms with E-state index in [2.05, 4.69) is 17.0 Å². The minimum absolute atomic E-state index is 0.0692. The second-order valence-electron chi connectivity index (χ2n) is 14.1. The van der Waals surface area contributed by atoms with E-state index >= 15 is 0 Å². The van der Waals surface area contributed by atoms with Gasteiger partial charge in [0, 0.05) is 63.3 Å². The van der Waals surface area contributed by atoms with E-state index in [9.17, 15) is 14.1 Å². The van der Waals surface area contributed by atoms with Crippen LogP contribution < -0.4 is 18.9 Å². The van der Waals surface area contributed by atoms with Crippen molar-refractivity contribution in [1.29, 1.82) is 0 Å². The fraction of sp³-hybridized carbons (Fsp3) is 0.381. The fourth-order valence-corrected chi connectivity index (χ4v) is 10.2. The number of rotatable bonds is 13. The highest BCUT2D eigenvalue weighted by molar-refractivity contribution is 7.92. The summed E-state index contributed by atoms with van der Waals surface area (Å²) in [6, 6.07) is 25.7. The molecule has 1 spiro atoms. The molecular formula is C42H47Cl2N3O7S. The lowest BCUT2D eigenvalue weighted by Gasteiger charge is -2.45. The molecule has 2 heterocycles. The zero-order valence-corrected chi connectivity index (χ0v) is 34.1. The van der Waals surface area contributed by atoms with Crippen molar-refractivity contribution in [3.05, 3.63) is 117 Å². The zero-order chi connectivity index (χ0) is 39.3. The molecule has 0 aromatic heterocycles. The summed E-state index contributed by atoms with van der Waals surface area (Å²) in [5.74, 6) is 1.70. The van der Waals surface area contributed by atoms with Crippen molar-refractivity contribution in [1.82, 2.24) is 14.7 Å². The predicted molar refractivity (Wildman–Crippen MR) is 216 cm³/mol. The maximum atomic E-state index is 14.3. The smallest absolute Gasteiger partial charge is 0.415 e. The molecule has 0 saturated carbocycles. The van der Waals surface area contributed by atoms with Gasteiger partial charge in [-0.05, 0) is 72.5 Å². The number of piperidine rings is 1. The quantitative estimate of drug-likeness (QED) is 0.125. The number of benzene rings is 4. The molecule has 6 rings (SSSR count). The Hall–Kier alpha value is -4.13. The highest BCUT2D eigenvalue weighted by Gasteiger charge is 2.52. The monoisotopic (exact) mass is 807 g/mol. The summed E-state index contributed by atoms with van der Waals surface area (Å²) < 4.78 is 35.6. The van der Waals surface area contributed by atoms with Gasteiger partial charge in [0.05, 0.1) is 36.9 Å². The number of likely N-dealkylation sites (N-methyl/N-ethyl adjacent to an activating group) is 2. The third-order valence-electron chi connectivity index (χ3n) is 11.0. The molecule has 1 fully saturated rings. The lowest BCUT2D eigenvalue weighted by molar-refractivity contribution is 0.0484. The van der Waals surface area contributed by atoms with Crippen molar-refractivity contribution in [3.8, 4) is 23.0 Å². The number of likely N-dealkylation sites (tertiary alicyclic amines) is 1. The molecule has 292 valence electrons. The summed E-state index contributed by atoms with van der Waals surface area (Å²) in [6.45, 7) is 2.38. The van der Waals surface area contributed by atoms with E-state index in [0.717, 1.165) is 32.5 Å². The van der Waals surface area contributed by atoms with Gasteiger partial charge in [-0.25, -0.2) is 4.79 Å². The molecule has 13 heteroatoms. The number of hydrogen-bond acceptors (Lipinski definition) is 8. The van der Waals surface area contributed by atoms with Crippen molar-refractivity contribution in [2.45, 2.75) is 41.7 Å². The Kier molecular flexibility index (Phi) is 12.8. The van der Waals surface area contributed by atoms with E-state index in [0.29, 0.717) is 62.8 Å². The second kappa shape index (κ2) is 17.3. The Labute approximate surface area is 336 Å². The molecule has 1 saturated heterocycles. The minimum Gasteiger partial charge on any atom is -0.615 e. The predicted octanol–water partition coefficient (Wildman–Crippen LogP) is 8.15. The molecule has 2 atom stereocenters. The first-order valence-electron chi connectivity index (χ1n) is 18.2. The van der Waals surface area contributed by atoms with E-state index in [-0.39, 0.29) is 17.2 Å². The largest absolute Gasteiger partial charge is 0.615 e. The van der Waals surface area contributed by atoms with E-state index in [1.54, 1.807) is 72.4 Å². The van der Waals surface area contributed by atoms with Gasteiger partial charge in [0.2, 0.25) is 5.75 Å². The number of methoxy groups -OCH3 is 3. The molecule has 4 aromatic carbocycles. The molecule has 2 amide bonds. The van der Waals surface area contributed by atoms with Crippen LogP contribution in [-0.4, -0.2) is 92.9 Å². The summed E-state index contributed by atoms with van der Waals surface area (Å²) >= 11 is 12.1. The number of carbonyl (C=O) groups excluding carboxylic acids is 2. The number of halogens is 2. The summed E-state index contributed by atoms with van der Waals surface area (Å²) in [6.07, 6.45) is 2.11. The average molecular weight is 809 g/mol. The van der Waals surface area contributed by atoms with Crippen LogP contribution in [0, 0.1) is 0 Å². The van der Waals surface area contributed by atoms with Gasteiger partial charge in [-0.1, -0.05) is 71.7 Å². The van der Waals surface area contributed by atoms with Gasteiger partial charge in [-0.3, -0.25) is 9.69 Å². The van der Waals surface area contributed by atoms with Crippen LogP contribution >= 0.6 is 23.2 Å². The van der Waals surface area contributed by atoms with Crippen molar-refractivity contribution >= 4 is 46.4 Å². The molecule has 4 aromatic rings. The van der Waals surface area contributed by atoms with Gasteiger partial charge in [-0.2, -0.15) is 0 Å². The minimum atomic E-state index is -1.13. The third kappa shape index (κ3) is 8.23. The number of fused-ring (bicyclic) bond motifs is 2. The SMILES string of the molecule is COc1cc(C(=O)N(C)C[C@](CCCN2CCC3(CC2)c2ccccc2C[S+]3[O-])(c2ccc(Cl)c(Cl)c2)N(C)C(=O)Oc2ccccc2)cc(OC)c1OC. The number of hydrogen-bond donors (Lipinski definition) is 0. The van der Waals surface area contributed by atoms with E-state index in [4.69, 9.17) is 42.1 Å². The van der Waals surface area contributed by atoms with Crippen LogP contribution in [0.4, 0.5) is 4.79 Å². The fourth-order valence-electron chi connectivity index (χ4n) is 8.01. The Morgan fingerprint density at radius 3 is 2.16 bits per heavy atom.